The van der Waals surface area contributed by atoms with E-state index in [2.05, 4.69) is 35.8 Å². The Bertz CT molecular complexity index is 736. The summed E-state index contributed by atoms with van der Waals surface area (Å²) in [4.78, 5) is 3.85. The van der Waals surface area contributed by atoms with Crippen molar-refractivity contribution in [3.8, 4) is 5.75 Å². The number of aromatic nitrogens is 3. The van der Waals surface area contributed by atoms with E-state index in [0.717, 1.165) is 0 Å². The molecule has 2 aromatic rings. The van der Waals surface area contributed by atoms with Crippen molar-refractivity contribution >= 4 is 37.6 Å². The lowest BCUT2D eigenvalue weighted by molar-refractivity contribution is 0.399. The van der Waals surface area contributed by atoms with Crippen LogP contribution in [0.2, 0.25) is 5.02 Å². The monoisotopic (exact) mass is 394 g/mol. The van der Waals surface area contributed by atoms with Crippen LogP contribution in [0.3, 0.4) is 0 Å². The third kappa shape index (κ3) is 3.54. The van der Waals surface area contributed by atoms with Gasteiger partial charge in [0.1, 0.15) is 17.0 Å². The van der Waals surface area contributed by atoms with E-state index < -0.39 is 16.1 Å². The Morgan fingerprint density at radius 3 is 2.76 bits per heavy atom. The van der Waals surface area contributed by atoms with Crippen molar-refractivity contribution in [3.63, 3.8) is 0 Å². The summed E-state index contributed by atoms with van der Waals surface area (Å²) in [6.07, 6.45) is 1.30. The number of ether oxygens (including phenoxy) is 1. The minimum Gasteiger partial charge on any atom is -0.494 e. The Hall–Kier alpha value is -1.16. The zero-order valence-corrected chi connectivity index (χ0v) is 14.3. The lowest BCUT2D eigenvalue weighted by Gasteiger charge is -2.15. The fourth-order valence-corrected chi connectivity index (χ4v) is 4.30. The maximum atomic E-state index is 12.5. The van der Waals surface area contributed by atoms with Gasteiger partial charge in [0.15, 0.2) is 5.75 Å². The average Bonchev–Trinajstić information content (AvgIpc) is 2.91. The maximum Gasteiger partial charge on any atom is 0.245 e. The molecule has 1 atom stereocenters. The van der Waals surface area contributed by atoms with Crippen LogP contribution in [0.5, 0.6) is 5.75 Å². The van der Waals surface area contributed by atoms with Gasteiger partial charge in [-0.1, -0.05) is 11.6 Å². The molecular formula is C11H12BrClN4O3S. The third-order valence-corrected chi connectivity index (χ3v) is 5.00. The highest BCUT2D eigenvalue weighted by molar-refractivity contribution is 9.10. The Kier molecular flexibility index (Phi) is 4.87. The maximum absolute atomic E-state index is 12.5. The lowest BCUT2D eigenvalue weighted by Crippen LogP contribution is -2.28. The number of sulfonamides is 1. The molecule has 0 radical (unpaired) electrons. The van der Waals surface area contributed by atoms with E-state index in [1.807, 2.05) is 0 Å². The van der Waals surface area contributed by atoms with Crippen LogP contribution in [-0.2, 0) is 10.0 Å². The first kappa shape index (κ1) is 16.2. The summed E-state index contributed by atoms with van der Waals surface area (Å²) < 4.78 is 33.0. The Labute approximate surface area is 135 Å². The van der Waals surface area contributed by atoms with Crippen molar-refractivity contribution in [2.24, 2.45) is 0 Å². The number of hydrogen-bond donors (Lipinski definition) is 2. The highest BCUT2D eigenvalue weighted by Gasteiger charge is 2.25. The van der Waals surface area contributed by atoms with Gasteiger partial charge < -0.3 is 4.74 Å². The molecule has 0 aliphatic carbocycles. The lowest BCUT2D eigenvalue weighted by atomic mass is 10.3. The van der Waals surface area contributed by atoms with Crippen LogP contribution in [-0.4, -0.2) is 30.7 Å². The van der Waals surface area contributed by atoms with Crippen molar-refractivity contribution in [1.29, 1.82) is 0 Å². The van der Waals surface area contributed by atoms with Gasteiger partial charge in [0.05, 0.1) is 17.6 Å². The molecule has 0 bridgehead atoms. The molecule has 0 saturated carbocycles. The summed E-state index contributed by atoms with van der Waals surface area (Å²) in [6, 6.07) is 2.29. The van der Waals surface area contributed by atoms with Crippen LogP contribution in [0.25, 0.3) is 0 Å². The van der Waals surface area contributed by atoms with Crippen LogP contribution in [0.1, 0.15) is 18.8 Å². The molecule has 114 valence electrons. The Morgan fingerprint density at radius 2 is 2.19 bits per heavy atom. The predicted molar refractivity (Wildman–Crippen MR) is 80.8 cm³/mol. The number of nitrogens with one attached hydrogen (secondary N) is 2. The largest absolute Gasteiger partial charge is 0.494 e. The van der Waals surface area contributed by atoms with Gasteiger partial charge in [0, 0.05) is 5.02 Å². The van der Waals surface area contributed by atoms with Crippen LogP contribution >= 0.6 is 27.5 Å². The molecule has 1 unspecified atom stereocenters. The molecule has 21 heavy (non-hydrogen) atoms. The second-order valence-corrected chi connectivity index (χ2v) is 7.11. The molecule has 0 fully saturated rings. The summed E-state index contributed by atoms with van der Waals surface area (Å²) in [5, 5.41) is 6.56. The molecule has 1 heterocycles. The van der Waals surface area contributed by atoms with Gasteiger partial charge in [-0.3, -0.25) is 5.10 Å². The second-order valence-electron chi connectivity index (χ2n) is 4.13. The first-order valence-corrected chi connectivity index (χ1v) is 8.41. The van der Waals surface area contributed by atoms with Gasteiger partial charge in [-0.15, -0.1) is 0 Å². The molecule has 0 aliphatic rings. The van der Waals surface area contributed by atoms with E-state index in [-0.39, 0.29) is 15.7 Å². The SMILES string of the molecule is COc1c(Br)cc(Cl)cc1S(=O)(=O)NC(C)c1ncn[nH]1. The van der Waals surface area contributed by atoms with E-state index in [1.165, 1.54) is 19.5 Å². The molecule has 1 aromatic heterocycles. The van der Waals surface area contributed by atoms with Crippen molar-refractivity contribution in [1.82, 2.24) is 19.9 Å². The van der Waals surface area contributed by atoms with Gasteiger partial charge in [-0.2, -0.15) is 5.10 Å². The molecule has 2 rings (SSSR count). The summed E-state index contributed by atoms with van der Waals surface area (Å²) in [7, 11) is -2.47. The molecule has 1 aromatic carbocycles. The minimum absolute atomic E-state index is 0.0595. The number of rotatable bonds is 5. The zero-order chi connectivity index (χ0) is 15.6. The first-order valence-electron chi connectivity index (χ1n) is 5.75. The molecular weight excluding hydrogens is 384 g/mol. The second kappa shape index (κ2) is 6.30. The summed E-state index contributed by atoms with van der Waals surface area (Å²) >= 11 is 9.14. The van der Waals surface area contributed by atoms with Crippen LogP contribution in [0.15, 0.2) is 27.8 Å². The number of hydrogen-bond acceptors (Lipinski definition) is 5. The minimum atomic E-state index is -3.85. The van der Waals surface area contributed by atoms with E-state index in [1.54, 1.807) is 13.0 Å². The summed E-state index contributed by atoms with van der Waals surface area (Å²) in [5.74, 6) is 0.579. The van der Waals surface area contributed by atoms with Gasteiger partial charge in [0.2, 0.25) is 10.0 Å². The standard InChI is InChI=1S/C11H12BrClN4O3S/c1-6(11-14-5-15-16-11)17-21(18,19)9-4-7(13)3-8(12)10(9)20-2/h3-6,17H,1-2H3,(H,14,15,16). The molecule has 7 nitrogen and oxygen atoms in total. The number of nitrogens with zero attached hydrogens (tertiary/aromatic N) is 2. The molecule has 0 spiro atoms. The normalized spacial score (nSPS) is 13.1. The fraction of sp³-hybridized carbons (Fsp3) is 0.273. The van der Waals surface area contributed by atoms with E-state index in [4.69, 9.17) is 16.3 Å². The number of H-pyrrole nitrogens is 1. The van der Waals surface area contributed by atoms with Gasteiger partial charge >= 0.3 is 0 Å². The summed E-state index contributed by atoms with van der Waals surface area (Å²) in [6.45, 7) is 1.64. The quantitative estimate of drug-likeness (QED) is 0.809. The smallest absolute Gasteiger partial charge is 0.245 e. The average molecular weight is 396 g/mol. The Morgan fingerprint density at radius 1 is 1.48 bits per heavy atom. The van der Waals surface area contributed by atoms with E-state index >= 15 is 0 Å². The van der Waals surface area contributed by atoms with Crippen molar-refractivity contribution in [2.75, 3.05) is 7.11 Å². The number of aromatic amines is 1. The number of benzene rings is 1. The van der Waals surface area contributed by atoms with Crippen LogP contribution in [0.4, 0.5) is 0 Å². The Balaban J connectivity index is 2.40. The molecule has 0 saturated heterocycles. The van der Waals surface area contributed by atoms with Crippen molar-refractivity contribution < 1.29 is 13.2 Å². The van der Waals surface area contributed by atoms with Crippen LogP contribution in [0, 0.1) is 0 Å². The van der Waals surface area contributed by atoms with Gasteiger partial charge in [0.25, 0.3) is 0 Å². The van der Waals surface area contributed by atoms with E-state index in [9.17, 15) is 8.42 Å². The molecule has 10 heteroatoms. The van der Waals surface area contributed by atoms with Gasteiger partial charge in [-0.25, -0.2) is 18.1 Å². The topological polar surface area (TPSA) is 97.0 Å². The highest BCUT2D eigenvalue weighted by Crippen LogP contribution is 2.35. The number of methoxy groups -OCH3 is 1. The predicted octanol–water partition coefficient (Wildman–Crippen LogP) is 2.27. The third-order valence-electron chi connectivity index (χ3n) is 2.64. The van der Waals surface area contributed by atoms with Crippen molar-refractivity contribution in [2.45, 2.75) is 17.9 Å². The van der Waals surface area contributed by atoms with Crippen LogP contribution < -0.4 is 9.46 Å². The van der Waals surface area contributed by atoms with Crippen molar-refractivity contribution in [3.05, 3.63) is 33.8 Å². The number of halogens is 2. The zero-order valence-electron chi connectivity index (χ0n) is 11.1. The first-order chi connectivity index (χ1) is 9.85. The van der Waals surface area contributed by atoms with Gasteiger partial charge in [-0.05, 0) is 35.0 Å². The molecule has 0 aliphatic heterocycles. The highest BCUT2D eigenvalue weighted by atomic mass is 79.9. The fourth-order valence-electron chi connectivity index (χ4n) is 1.71. The molecule has 0 amide bonds. The summed E-state index contributed by atoms with van der Waals surface area (Å²) in [5.41, 5.74) is 0. The molecule has 2 N–H and O–H groups in total. The van der Waals surface area contributed by atoms with E-state index in [0.29, 0.717) is 10.3 Å².